The van der Waals surface area contributed by atoms with Gasteiger partial charge in [-0.25, -0.2) is 18.1 Å². The minimum atomic E-state index is -3.73. The Morgan fingerprint density at radius 2 is 1.56 bits per heavy atom. The summed E-state index contributed by atoms with van der Waals surface area (Å²) in [7, 11) is -3.73. The Bertz CT molecular complexity index is 1920. The highest BCUT2D eigenvalue weighted by Crippen LogP contribution is 2.29. The third-order valence-corrected chi connectivity index (χ3v) is 8.77. The summed E-state index contributed by atoms with van der Waals surface area (Å²) in [4.78, 5) is 18.9. The molecule has 0 amide bonds. The van der Waals surface area contributed by atoms with Crippen LogP contribution in [0.3, 0.4) is 0 Å². The molecule has 8 heteroatoms. The number of fused-ring (bicyclic) bond motifs is 1. The van der Waals surface area contributed by atoms with Crippen LogP contribution in [0.25, 0.3) is 22.0 Å². The van der Waals surface area contributed by atoms with Crippen molar-refractivity contribution < 1.29 is 13.2 Å². The highest BCUT2D eigenvalue weighted by Gasteiger charge is 2.24. The van der Waals surface area contributed by atoms with E-state index in [2.05, 4.69) is 11.6 Å². The fraction of sp³-hybridized carbons (Fsp3) is 0.257. The number of hydrogen-bond donors (Lipinski definition) is 1. The van der Waals surface area contributed by atoms with E-state index in [0.29, 0.717) is 40.9 Å². The molecule has 0 aliphatic carbocycles. The maximum atomic E-state index is 13.8. The maximum absolute atomic E-state index is 13.8. The standard InChI is InChI=1S/C35H37N3O4S/c1-6-9-33-36-31-21-20-28(42-27-18-12-24(2)13-19-27)22-30(31)34(39)38(33)23-25-14-16-26(17-15-25)29-10-7-8-11-32(29)43(40,41)37-35(3,4)5/h7-8,10-22,37H,6,9,23H2,1-5H3. The Labute approximate surface area is 253 Å². The van der Waals surface area contributed by atoms with Crippen LogP contribution in [0.15, 0.2) is 101 Å². The van der Waals surface area contributed by atoms with Crippen molar-refractivity contribution in [3.63, 3.8) is 0 Å². The number of sulfonamides is 1. The lowest BCUT2D eigenvalue weighted by Gasteiger charge is -2.21. The number of aryl methyl sites for hydroxylation is 2. The molecule has 0 saturated heterocycles. The fourth-order valence-electron chi connectivity index (χ4n) is 5.00. The van der Waals surface area contributed by atoms with E-state index < -0.39 is 15.6 Å². The van der Waals surface area contributed by atoms with Crippen LogP contribution < -0.4 is 15.0 Å². The van der Waals surface area contributed by atoms with Crippen LogP contribution in [-0.2, 0) is 23.0 Å². The van der Waals surface area contributed by atoms with Crippen LogP contribution in [0, 0.1) is 6.92 Å². The van der Waals surface area contributed by atoms with Crippen molar-refractivity contribution in [2.45, 2.75) is 64.4 Å². The predicted molar refractivity (Wildman–Crippen MR) is 172 cm³/mol. The summed E-state index contributed by atoms with van der Waals surface area (Å²) in [6.45, 7) is 9.87. The molecule has 222 valence electrons. The van der Waals surface area contributed by atoms with Crippen LogP contribution in [0.4, 0.5) is 0 Å². The molecule has 0 fully saturated rings. The number of aromatic nitrogens is 2. The van der Waals surface area contributed by atoms with Crippen molar-refractivity contribution >= 4 is 20.9 Å². The van der Waals surface area contributed by atoms with E-state index in [4.69, 9.17) is 9.72 Å². The maximum Gasteiger partial charge on any atom is 0.261 e. The second-order valence-corrected chi connectivity index (χ2v) is 13.5. The predicted octanol–water partition coefficient (Wildman–Crippen LogP) is 7.24. The molecule has 0 saturated carbocycles. The summed E-state index contributed by atoms with van der Waals surface area (Å²) in [6, 6.07) is 27.8. The van der Waals surface area contributed by atoms with Gasteiger partial charge in [-0.05, 0) is 81.6 Å². The molecule has 0 radical (unpaired) electrons. The largest absolute Gasteiger partial charge is 0.457 e. The van der Waals surface area contributed by atoms with Crippen molar-refractivity contribution in [1.29, 1.82) is 0 Å². The number of benzene rings is 4. The van der Waals surface area contributed by atoms with Crippen molar-refractivity contribution in [1.82, 2.24) is 14.3 Å². The Hall–Kier alpha value is -4.27. The molecule has 0 spiro atoms. The van der Waals surface area contributed by atoms with Crippen molar-refractivity contribution in [2.24, 2.45) is 0 Å². The second-order valence-electron chi connectivity index (χ2n) is 11.8. The van der Waals surface area contributed by atoms with Crippen LogP contribution >= 0.6 is 0 Å². The van der Waals surface area contributed by atoms with Crippen LogP contribution in [-0.4, -0.2) is 23.5 Å². The minimum absolute atomic E-state index is 0.128. The zero-order valence-corrected chi connectivity index (χ0v) is 26.0. The van der Waals surface area contributed by atoms with E-state index in [1.54, 1.807) is 28.8 Å². The van der Waals surface area contributed by atoms with E-state index in [-0.39, 0.29) is 10.5 Å². The minimum Gasteiger partial charge on any atom is -0.457 e. The van der Waals surface area contributed by atoms with Crippen LogP contribution in [0.1, 0.15) is 51.1 Å². The lowest BCUT2D eigenvalue weighted by Crippen LogP contribution is -2.40. The molecule has 0 unspecified atom stereocenters. The summed E-state index contributed by atoms with van der Waals surface area (Å²) in [6.07, 6.45) is 1.51. The summed E-state index contributed by atoms with van der Waals surface area (Å²) < 4.78 is 36.8. The lowest BCUT2D eigenvalue weighted by molar-refractivity contribution is 0.483. The van der Waals surface area contributed by atoms with Crippen molar-refractivity contribution in [3.05, 3.63) is 118 Å². The molecule has 4 aromatic carbocycles. The van der Waals surface area contributed by atoms with Gasteiger partial charge >= 0.3 is 0 Å². The van der Waals surface area contributed by atoms with Crippen molar-refractivity contribution in [3.8, 4) is 22.6 Å². The molecular formula is C35H37N3O4S. The van der Waals surface area contributed by atoms with Crippen LogP contribution in [0.2, 0.25) is 0 Å². The number of nitrogens with one attached hydrogen (secondary N) is 1. The first-order chi connectivity index (χ1) is 20.4. The van der Waals surface area contributed by atoms with Gasteiger partial charge in [0.1, 0.15) is 17.3 Å². The normalized spacial score (nSPS) is 12.0. The molecule has 1 heterocycles. The third-order valence-electron chi connectivity index (χ3n) is 6.96. The molecule has 0 aliphatic heterocycles. The summed E-state index contributed by atoms with van der Waals surface area (Å²) in [5.41, 5.74) is 3.33. The quantitative estimate of drug-likeness (QED) is 0.194. The van der Waals surface area contributed by atoms with Gasteiger partial charge < -0.3 is 4.74 Å². The van der Waals surface area contributed by atoms with E-state index in [1.807, 2.05) is 94.4 Å². The Balaban J connectivity index is 1.47. The Morgan fingerprint density at radius 1 is 0.884 bits per heavy atom. The lowest BCUT2D eigenvalue weighted by atomic mass is 10.0. The average Bonchev–Trinajstić information content (AvgIpc) is 2.96. The van der Waals surface area contributed by atoms with E-state index >= 15 is 0 Å². The van der Waals surface area contributed by atoms with E-state index in [0.717, 1.165) is 28.9 Å². The van der Waals surface area contributed by atoms with Gasteiger partial charge in [0, 0.05) is 17.5 Å². The molecule has 0 aliphatic rings. The number of nitrogens with zero attached hydrogens (tertiary/aromatic N) is 2. The zero-order chi connectivity index (χ0) is 30.8. The molecule has 1 aromatic heterocycles. The average molecular weight is 596 g/mol. The van der Waals surface area contributed by atoms with E-state index in [9.17, 15) is 13.2 Å². The summed E-state index contributed by atoms with van der Waals surface area (Å²) in [5, 5.41) is 0.492. The molecular weight excluding hydrogens is 558 g/mol. The smallest absolute Gasteiger partial charge is 0.261 e. The molecule has 0 atom stereocenters. The van der Waals surface area contributed by atoms with Crippen LogP contribution in [0.5, 0.6) is 11.5 Å². The zero-order valence-electron chi connectivity index (χ0n) is 25.2. The van der Waals surface area contributed by atoms with Gasteiger partial charge in [-0.1, -0.05) is 67.1 Å². The first kappa shape index (κ1) is 30.2. The van der Waals surface area contributed by atoms with Crippen molar-refractivity contribution in [2.75, 3.05) is 0 Å². The SMILES string of the molecule is CCCc1nc2ccc(Oc3ccc(C)cc3)cc2c(=O)n1Cc1ccc(-c2ccccc2S(=O)(=O)NC(C)(C)C)cc1. The van der Waals surface area contributed by atoms with Gasteiger partial charge in [0.15, 0.2) is 0 Å². The van der Waals surface area contributed by atoms with Gasteiger partial charge in [0.2, 0.25) is 10.0 Å². The molecule has 0 bridgehead atoms. The van der Waals surface area contributed by atoms with Gasteiger partial charge in [-0.2, -0.15) is 0 Å². The van der Waals surface area contributed by atoms with Gasteiger partial charge in [0.05, 0.1) is 22.3 Å². The molecule has 5 rings (SSSR count). The summed E-state index contributed by atoms with van der Waals surface area (Å²) >= 11 is 0. The first-order valence-corrected chi connectivity index (χ1v) is 15.9. The Kier molecular flexibility index (Phi) is 8.53. The topological polar surface area (TPSA) is 90.3 Å². The summed E-state index contributed by atoms with van der Waals surface area (Å²) in [5.74, 6) is 1.99. The van der Waals surface area contributed by atoms with E-state index in [1.165, 1.54) is 0 Å². The number of ether oxygens (including phenoxy) is 1. The fourth-order valence-corrected chi connectivity index (χ4v) is 6.65. The van der Waals surface area contributed by atoms with Gasteiger partial charge in [-0.15, -0.1) is 0 Å². The van der Waals surface area contributed by atoms with Gasteiger partial charge in [-0.3, -0.25) is 9.36 Å². The molecule has 5 aromatic rings. The monoisotopic (exact) mass is 595 g/mol. The molecule has 7 nitrogen and oxygen atoms in total. The number of rotatable bonds is 9. The Morgan fingerprint density at radius 3 is 2.23 bits per heavy atom. The second kappa shape index (κ2) is 12.1. The van der Waals surface area contributed by atoms with Gasteiger partial charge in [0.25, 0.3) is 5.56 Å². The third kappa shape index (κ3) is 7.04. The highest BCUT2D eigenvalue weighted by atomic mass is 32.2. The first-order valence-electron chi connectivity index (χ1n) is 14.4. The molecule has 43 heavy (non-hydrogen) atoms. The molecule has 1 N–H and O–H groups in total. The highest BCUT2D eigenvalue weighted by molar-refractivity contribution is 7.89. The number of hydrogen-bond acceptors (Lipinski definition) is 5.